The molecule has 0 bridgehead atoms. The molecular formula is C12H28. The fourth-order valence-corrected chi connectivity index (χ4v) is 0. The average Bonchev–Trinajstić information content (AvgIpc) is 2.16. The molecular weight excluding hydrogens is 144 g/mol. The molecule has 0 saturated carbocycles. The lowest BCUT2D eigenvalue weighted by Gasteiger charge is -1.48. The number of allylic oxidation sites excluding steroid dienone is 1. The second kappa shape index (κ2) is 584. The van der Waals surface area contributed by atoms with E-state index in [-0.39, 0.29) is 0 Å². The molecule has 0 unspecified atom stereocenters. The zero-order chi connectivity index (χ0) is 11.4. The largest absolute Gasteiger partial charge is 0.106 e. The minimum Gasteiger partial charge on any atom is -0.106 e. The van der Waals surface area contributed by atoms with Crippen LogP contribution in [0.2, 0.25) is 0 Å². The van der Waals surface area contributed by atoms with Crippen molar-refractivity contribution in [3.05, 3.63) is 39.0 Å². The molecule has 0 N–H and O–H groups in total. The van der Waals surface area contributed by atoms with E-state index in [0.717, 1.165) is 0 Å². The molecule has 0 fully saturated rings. The first-order valence-corrected chi connectivity index (χ1v) is 4.40. The molecule has 0 radical (unpaired) electrons. The second-order valence-electron chi connectivity index (χ2n) is 1.12. The first kappa shape index (κ1) is 30.3. The predicted octanol–water partition coefficient (Wildman–Crippen LogP) is 5.24. The first-order chi connectivity index (χ1) is 5.83. The Kier molecular flexibility index (Phi) is 1470. The van der Waals surface area contributed by atoms with Crippen LogP contribution < -0.4 is 0 Å². The van der Waals surface area contributed by atoms with Gasteiger partial charge in [-0.1, -0.05) is 40.2 Å². The molecule has 0 heterocycles. The summed E-state index contributed by atoms with van der Waals surface area (Å²) in [5.74, 6) is 0. The van der Waals surface area contributed by atoms with Crippen LogP contribution in [0.3, 0.4) is 0 Å². The van der Waals surface area contributed by atoms with Crippen LogP contribution in [-0.2, 0) is 0 Å². The molecule has 0 aliphatic carbocycles. The molecule has 0 atom stereocenters. The Hall–Kier alpha value is -0.780. The van der Waals surface area contributed by atoms with E-state index < -0.39 is 0 Å². The number of hydrogen-bond acceptors (Lipinski definition) is 0. The van der Waals surface area contributed by atoms with Crippen LogP contribution in [0.5, 0.6) is 0 Å². The van der Waals surface area contributed by atoms with Gasteiger partial charge in [0.2, 0.25) is 0 Å². The summed E-state index contributed by atoms with van der Waals surface area (Å²) < 4.78 is 0. The van der Waals surface area contributed by atoms with Gasteiger partial charge in [-0.2, -0.15) is 0 Å². The van der Waals surface area contributed by atoms with Gasteiger partial charge < -0.3 is 0 Å². The first-order valence-electron chi connectivity index (χ1n) is 4.40. The maximum Gasteiger partial charge on any atom is -0.0473 e. The minimum absolute atomic E-state index is 1.25. The van der Waals surface area contributed by atoms with Crippen LogP contribution >= 0.6 is 0 Å². The van der Waals surface area contributed by atoms with Crippen LogP contribution in [0.15, 0.2) is 39.0 Å². The van der Waals surface area contributed by atoms with Crippen molar-refractivity contribution >= 4 is 0 Å². The lowest BCUT2D eigenvalue weighted by atomic mass is 10.6. The van der Waals surface area contributed by atoms with Crippen LogP contribution in [0.1, 0.15) is 41.0 Å². The van der Waals surface area contributed by atoms with E-state index in [9.17, 15) is 0 Å². The smallest absolute Gasteiger partial charge is 0.0473 e. The molecule has 0 spiro atoms. The highest BCUT2D eigenvalue weighted by atomic mass is 13.4. The Morgan fingerprint density at radius 3 is 0.917 bits per heavy atom. The summed E-state index contributed by atoms with van der Waals surface area (Å²) in [5.41, 5.74) is 0. The van der Waals surface area contributed by atoms with Crippen LogP contribution in [0, 0.1) is 0 Å². The van der Waals surface area contributed by atoms with Gasteiger partial charge in [0.05, 0.1) is 0 Å². The SMILES string of the molecule is C=C.C=C.C=CC.CC.CCC. The summed E-state index contributed by atoms with van der Waals surface area (Å²) in [6.07, 6.45) is 3.00. The molecule has 0 aromatic carbocycles. The minimum atomic E-state index is 1.25. The van der Waals surface area contributed by atoms with E-state index in [0.29, 0.717) is 0 Å². The van der Waals surface area contributed by atoms with E-state index in [2.05, 4.69) is 46.7 Å². The Morgan fingerprint density at radius 1 is 0.917 bits per heavy atom. The molecule has 76 valence electrons. The standard InChI is InChI=1S/C3H8.C3H6.C2H6.2C2H4/c2*1-3-2;3*1-2/h3H2,1-2H3;3H,1H2,2H3;1-2H3;2*1-2H2. The third-order valence-corrected chi connectivity index (χ3v) is 0. The Bertz CT molecular complexity index is 27.0. The van der Waals surface area contributed by atoms with Crippen molar-refractivity contribution in [3.8, 4) is 0 Å². The van der Waals surface area contributed by atoms with Gasteiger partial charge in [0, 0.05) is 0 Å². The maximum atomic E-state index is 3.36. The van der Waals surface area contributed by atoms with Gasteiger partial charge in [-0.05, 0) is 6.92 Å². The van der Waals surface area contributed by atoms with Crippen molar-refractivity contribution in [3.63, 3.8) is 0 Å². The Morgan fingerprint density at radius 2 is 0.917 bits per heavy atom. The normalized spacial score (nSPS) is 3.75. The fraction of sp³-hybridized carbons (Fsp3) is 0.500. The summed E-state index contributed by atoms with van der Waals surface area (Å²) in [5, 5.41) is 0. The van der Waals surface area contributed by atoms with Gasteiger partial charge in [0.15, 0.2) is 0 Å². The summed E-state index contributed by atoms with van der Waals surface area (Å²) in [4.78, 5) is 0. The summed E-state index contributed by atoms with van der Waals surface area (Å²) in [7, 11) is 0. The zero-order valence-corrected chi connectivity index (χ0v) is 9.82. The van der Waals surface area contributed by atoms with Crippen molar-refractivity contribution in [1.82, 2.24) is 0 Å². The van der Waals surface area contributed by atoms with E-state index >= 15 is 0 Å². The van der Waals surface area contributed by atoms with E-state index in [1.54, 1.807) is 6.08 Å². The molecule has 0 aromatic heterocycles. The second-order valence-corrected chi connectivity index (χ2v) is 1.12. The summed E-state index contributed by atoms with van der Waals surface area (Å²) in [6, 6.07) is 0. The molecule has 0 aliphatic heterocycles. The molecule has 0 rings (SSSR count). The van der Waals surface area contributed by atoms with Crippen LogP contribution in [-0.4, -0.2) is 0 Å². The highest BCUT2D eigenvalue weighted by Gasteiger charge is 1.35. The quantitative estimate of drug-likeness (QED) is 0.438. The third kappa shape index (κ3) is 1020. The van der Waals surface area contributed by atoms with Gasteiger partial charge >= 0.3 is 0 Å². The number of rotatable bonds is 0. The Balaban J connectivity index is -0.0000000174. The highest BCUT2D eigenvalue weighted by Crippen LogP contribution is 1.56. The molecule has 0 aromatic rings. The lowest BCUT2D eigenvalue weighted by molar-refractivity contribution is 1.09. The van der Waals surface area contributed by atoms with Crippen molar-refractivity contribution in [2.75, 3.05) is 0 Å². The van der Waals surface area contributed by atoms with Gasteiger partial charge in [-0.3, -0.25) is 0 Å². The molecule has 0 nitrogen and oxygen atoms in total. The lowest BCUT2D eigenvalue weighted by Crippen LogP contribution is -1.27. The van der Waals surface area contributed by atoms with E-state index in [1.165, 1.54) is 6.42 Å². The molecule has 0 aliphatic rings. The predicted molar refractivity (Wildman–Crippen MR) is 65.7 cm³/mol. The van der Waals surface area contributed by atoms with Crippen LogP contribution in [0.4, 0.5) is 0 Å². The monoisotopic (exact) mass is 172 g/mol. The Labute approximate surface area is 80.7 Å². The van der Waals surface area contributed by atoms with E-state index in [4.69, 9.17) is 0 Å². The number of hydrogen-bond donors (Lipinski definition) is 0. The summed E-state index contributed by atoms with van der Waals surface area (Å²) >= 11 is 0. The van der Waals surface area contributed by atoms with Gasteiger partial charge in [-0.25, -0.2) is 0 Å². The molecule has 0 heteroatoms. The van der Waals surface area contributed by atoms with E-state index in [1.807, 2.05) is 20.8 Å². The third-order valence-electron chi connectivity index (χ3n) is 0. The van der Waals surface area contributed by atoms with Gasteiger partial charge in [0.1, 0.15) is 0 Å². The summed E-state index contributed by atoms with van der Waals surface area (Å²) in [6.45, 7) is 25.5. The fourth-order valence-electron chi connectivity index (χ4n) is 0. The van der Waals surface area contributed by atoms with Crippen molar-refractivity contribution in [1.29, 1.82) is 0 Å². The van der Waals surface area contributed by atoms with Gasteiger partial charge in [0.25, 0.3) is 0 Å². The highest BCUT2D eigenvalue weighted by molar-refractivity contribution is 4.51. The topological polar surface area (TPSA) is 0 Å². The average molecular weight is 172 g/mol. The molecule has 0 saturated heterocycles. The van der Waals surface area contributed by atoms with Gasteiger partial charge in [-0.15, -0.1) is 32.9 Å². The van der Waals surface area contributed by atoms with Crippen molar-refractivity contribution < 1.29 is 0 Å². The maximum absolute atomic E-state index is 3.36. The van der Waals surface area contributed by atoms with Crippen molar-refractivity contribution in [2.24, 2.45) is 0 Å². The van der Waals surface area contributed by atoms with Crippen molar-refractivity contribution in [2.45, 2.75) is 41.0 Å². The molecule has 12 heavy (non-hydrogen) atoms. The van der Waals surface area contributed by atoms with Crippen LogP contribution in [0.25, 0.3) is 0 Å². The molecule has 0 amide bonds. The zero-order valence-electron chi connectivity index (χ0n) is 9.82.